The van der Waals surface area contributed by atoms with E-state index in [1.807, 2.05) is 11.8 Å². The van der Waals surface area contributed by atoms with Crippen molar-refractivity contribution in [3.05, 3.63) is 0 Å². The van der Waals surface area contributed by atoms with Gasteiger partial charge in [-0.25, -0.2) is 0 Å². The van der Waals surface area contributed by atoms with Crippen LogP contribution in [0.4, 0.5) is 0 Å². The van der Waals surface area contributed by atoms with Gasteiger partial charge in [0, 0.05) is 26.2 Å². The third kappa shape index (κ3) is 3.46. The normalized spacial score (nSPS) is 18.7. The lowest BCUT2D eigenvalue weighted by Crippen LogP contribution is -2.41. The molecule has 1 amide bonds. The fourth-order valence-corrected chi connectivity index (χ4v) is 2.43. The molecule has 0 aromatic carbocycles. The lowest BCUT2D eigenvalue weighted by Gasteiger charge is -2.29. The van der Waals surface area contributed by atoms with Crippen molar-refractivity contribution in [2.24, 2.45) is 5.73 Å². The zero-order valence-electron chi connectivity index (χ0n) is 10.4. The van der Waals surface area contributed by atoms with Crippen molar-refractivity contribution in [2.75, 3.05) is 20.2 Å². The quantitative estimate of drug-likeness (QED) is 0.741. The fourth-order valence-electron chi connectivity index (χ4n) is 2.43. The molecule has 1 aliphatic carbocycles. The topological polar surface area (TPSA) is 55.6 Å². The zero-order valence-corrected chi connectivity index (χ0v) is 10.4. The molecular formula is C12H24N2O2. The molecule has 2 N–H and O–H groups in total. The van der Waals surface area contributed by atoms with Gasteiger partial charge >= 0.3 is 0 Å². The molecule has 1 atom stereocenters. The van der Waals surface area contributed by atoms with Gasteiger partial charge in [-0.15, -0.1) is 0 Å². The molecule has 1 rings (SSSR count). The monoisotopic (exact) mass is 228 g/mol. The Bertz CT molecular complexity index is 211. The third-order valence-electron chi connectivity index (χ3n) is 3.43. The minimum absolute atomic E-state index is 0.136. The van der Waals surface area contributed by atoms with Gasteiger partial charge in [0.05, 0.1) is 12.5 Å². The average molecular weight is 228 g/mol. The van der Waals surface area contributed by atoms with E-state index in [0.29, 0.717) is 19.0 Å². The number of carbonyl (C=O) groups excluding carboxylic acids is 1. The van der Waals surface area contributed by atoms with Gasteiger partial charge in [0.25, 0.3) is 0 Å². The number of ether oxygens (including phenoxy) is 1. The minimum Gasteiger partial charge on any atom is -0.380 e. The summed E-state index contributed by atoms with van der Waals surface area (Å²) in [7, 11) is 1.61. The Kier molecular flexibility index (Phi) is 5.77. The highest BCUT2D eigenvalue weighted by molar-refractivity contribution is 5.77. The SMILES string of the molecule is CCN(C(=O)CC(CN)OC)C1CCCC1. The summed E-state index contributed by atoms with van der Waals surface area (Å²) in [6.07, 6.45) is 5.08. The maximum atomic E-state index is 12.1. The van der Waals surface area contributed by atoms with E-state index in [2.05, 4.69) is 0 Å². The van der Waals surface area contributed by atoms with Crippen LogP contribution >= 0.6 is 0 Å². The van der Waals surface area contributed by atoms with Crippen LogP contribution in [-0.4, -0.2) is 43.2 Å². The lowest BCUT2D eigenvalue weighted by atomic mass is 10.1. The Labute approximate surface area is 98.1 Å². The number of nitrogens with zero attached hydrogens (tertiary/aromatic N) is 1. The molecule has 0 saturated heterocycles. The third-order valence-corrected chi connectivity index (χ3v) is 3.43. The smallest absolute Gasteiger partial charge is 0.225 e. The zero-order chi connectivity index (χ0) is 12.0. The van der Waals surface area contributed by atoms with Gasteiger partial charge in [-0.3, -0.25) is 4.79 Å². The second-order valence-corrected chi connectivity index (χ2v) is 4.42. The Hall–Kier alpha value is -0.610. The standard InChI is InChI=1S/C12H24N2O2/c1-3-14(10-6-4-5-7-10)12(15)8-11(9-13)16-2/h10-11H,3-9,13H2,1-2H3. The van der Waals surface area contributed by atoms with Crippen molar-refractivity contribution >= 4 is 5.91 Å². The fraction of sp³-hybridized carbons (Fsp3) is 0.917. The molecule has 1 saturated carbocycles. The molecule has 1 aliphatic rings. The molecule has 0 aliphatic heterocycles. The van der Waals surface area contributed by atoms with Crippen molar-refractivity contribution in [3.63, 3.8) is 0 Å². The van der Waals surface area contributed by atoms with E-state index in [1.165, 1.54) is 12.8 Å². The summed E-state index contributed by atoms with van der Waals surface area (Å²) >= 11 is 0. The van der Waals surface area contributed by atoms with Crippen molar-refractivity contribution in [3.8, 4) is 0 Å². The first-order valence-electron chi connectivity index (χ1n) is 6.25. The molecular weight excluding hydrogens is 204 g/mol. The number of rotatable bonds is 6. The summed E-state index contributed by atoms with van der Waals surface area (Å²) in [6, 6.07) is 0.452. The summed E-state index contributed by atoms with van der Waals surface area (Å²) in [4.78, 5) is 14.1. The van der Waals surface area contributed by atoms with Crippen LogP contribution < -0.4 is 5.73 Å². The van der Waals surface area contributed by atoms with E-state index in [1.54, 1.807) is 7.11 Å². The average Bonchev–Trinajstić information content (AvgIpc) is 2.80. The predicted molar refractivity (Wildman–Crippen MR) is 64.1 cm³/mol. The van der Waals surface area contributed by atoms with E-state index >= 15 is 0 Å². The molecule has 16 heavy (non-hydrogen) atoms. The second kappa shape index (κ2) is 6.86. The van der Waals surface area contributed by atoms with Gasteiger partial charge in [0.1, 0.15) is 0 Å². The number of amides is 1. The van der Waals surface area contributed by atoms with Gasteiger partial charge < -0.3 is 15.4 Å². The first kappa shape index (κ1) is 13.5. The maximum absolute atomic E-state index is 12.1. The molecule has 4 heteroatoms. The van der Waals surface area contributed by atoms with E-state index in [0.717, 1.165) is 19.4 Å². The van der Waals surface area contributed by atoms with Crippen LogP contribution in [-0.2, 0) is 9.53 Å². The second-order valence-electron chi connectivity index (χ2n) is 4.42. The first-order chi connectivity index (χ1) is 7.72. The van der Waals surface area contributed by atoms with Crippen LogP contribution in [0.15, 0.2) is 0 Å². The first-order valence-corrected chi connectivity index (χ1v) is 6.25. The van der Waals surface area contributed by atoms with E-state index in [-0.39, 0.29) is 12.0 Å². The summed E-state index contributed by atoms with van der Waals surface area (Å²) in [6.45, 7) is 3.25. The van der Waals surface area contributed by atoms with Crippen LogP contribution in [0.5, 0.6) is 0 Å². The van der Waals surface area contributed by atoms with Gasteiger partial charge in [0.2, 0.25) is 5.91 Å². The molecule has 1 fully saturated rings. The van der Waals surface area contributed by atoms with Crippen molar-refractivity contribution in [1.29, 1.82) is 0 Å². The Morgan fingerprint density at radius 1 is 1.50 bits per heavy atom. The van der Waals surface area contributed by atoms with E-state index in [4.69, 9.17) is 10.5 Å². The van der Waals surface area contributed by atoms with Gasteiger partial charge in [-0.2, -0.15) is 0 Å². The largest absolute Gasteiger partial charge is 0.380 e. The summed E-state index contributed by atoms with van der Waals surface area (Å²) in [5.41, 5.74) is 5.53. The molecule has 4 nitrogen and oxygen atoms in total. The van der Waals surface area contributed by atoms with Crippen molar-refractivity contribution < 1.29 is 9.53 Å². The highest BCUT2D eigenvalue weighted by atomic mass is 16.5. The number of hydrogen-bond donors (Lipinski definition) is 1. The van der Waals surface area contributed by atoms with E-state index in [9.17, 15) is 4.79 Å². The molecule has 0 bridgehead atoms. The van der Waals surface area contributed by atoms with Gasteiger partial charge in [-0.1, -0.05) is 12.8 Å². The molecule has 94 valence electrons. The summed E-state index contributed by atoms with van der Waals surface area (Å²) in [5.74, 6) is 0.187. The Morgan fingerprint density at radius 2 is 2.12 bits per heavy atom. The molecule has 0 radical (unpaired) electrons. The molecule has 0 aromatic rings. The highest BCUT2D eigenvalue weighted by Crippen LogP contribution is 2.24. The van der Waals surface area contributed by atoms with Crippen LogP contribution in [0.1, 0.15) is 39.0 Å². The predicted octanol–water partition coefficient (Wildman–Crippen LogP) is 1.14. The highest BCUT2D eigenvalue weighted by Gasteiger charge is 2.26. The number of methoxy groups -OCH3 is 1. The van der Waals surface area contributed by atoms with Crippen LogP contribution in [0.2, 0.25) is 0 Å². The van der Waals surface area contributed by atoms with Crippen LogP contribution in [0.3, 0.4) is 0 Å². The number of hydrogen-bond acceptors (Lipinski definition) is 3. The Morgan fingerprint density at radius 3 is 2.56 bits per heavy atom. The summed E-state index contributed by atoms with van der Waals surface area (Å²) < 4.78 is 5.15. The summed E-state index contributed by atoms with van der Waals surface area (Å²) in [5, 5.41) is 0. The maximum Gasteiger partial charge on any atom is 0.225 e. The van der Waals surface area contributed by atoms with Crippen LogP contribution in [0.25, 0.3) is 0 Å². The minimum atomic E-state index is -0.136. The van der Waals surface area contributed by atoms with Crippen LogP contribution in [0, 0.1) is 0 Å². The molecule has 0 aromatic heterocycles. The van der Waals surface area contributed by atoms with Crippen molar-refractivity contribution in [1.82, 2.24) is 4.90 Å². The molecule has 0 spiro atoms. The van der Waals surface area contributed by atoms with Gasteiger partial charge in [-0.05, 0) is 19.8 Å². The molecule has 1 unspecified atom stereocenters. The Balaban J connectivity index is 2.48. The number of nitrogens with two attached hydrogens (primary N) is 1. The van der Waals surface area contributed by atoms with E-state index < -0.39 is 0 Å². The molecule has 0 heterocycles. The number of carbonyl (C=O) groups is 1. The van der Waals surface area contributed by atoms with Gasteiger partial charge in [0.15, 0.2) is 0 Å². The van der Waals surface area contributed by atoms with Crippen molar-refractivity contribution in [2.45, 2.75) is 51.2 Å². The lowest BCUT2D eigenvalue weighted by molar-refractivity contribution is -0.135.